The molecule has 1 unspecified atom stereocenters. The van der Waals surface area contributed by atoms with E-state index in [0.717, 1.165) is 17.5 Å². The third kappa shape index (κ3) is 6.03. The van der Waals surface area contributed by atoms with Crippen molar-refractivity contribution < 1.29 is 9.59 Å². The van der Waals surface area contributed by atoms with Crippen molar-refractivity contribution >= 4 is 11.8 Å². The molecule has 2 aromatic rings. The summed E-state index contributed by atoms with van der Waals surface area (Å²) >= 11 is 0. The van der Waals surface area contributed by atoms with Gasteiger partial charge in [0.15, 0.2) is 0 Å². The average molecular weight is 352 g/mol. The van der Waals surface area contributed by atoms with Crippen LogP contribution in [-0.2, 0) is 11.2 Å². The lowest BCUT2D eigenvalue weighted by Gasteiger charge is -2.13. The summed E-state index contributed by atoms with van der Waals surface area (Å²) in [6.07, 6.45) is 0.800. The number of nitrogens with one attached hydrogen (secondary N) is 2. The fourth-order valence-corrected chi connectivity index (χ4v) is 2.80. The standard InChI is InChI=1S/C22H28N2O2/c1-15(2)14-23-22(26)21-11-9-20(10-12-21)19-7-5-18(6-8-19)13-16(3)24-17(4)25/h5-12,15-16H,13-14H2,1-4H3,(H,23,26)(H,24,25). The molecule has 0 saturated heterocycles. The topological polar surface area (TPSA) is 58.2 Å². The van der Waals surface area contributed by atoms with Crippen LogP contribution in [0.3, 0.4) is 0 Å². The maximum atomic E-state index is 12.1. The Morgan fingerprint density at radius 1 is 0.885 bits per heavy atom. The molecular formula is C22H28N2O2. The third-order valence-electron chi connectivity index (χ3n) is 4.10. The normalized spacial score (nSPS) is 11.9. The first kappa shape index (κ1) is 19.7. The lowest BCUT2D eigenvalue weighted by Crippen LogP contribution is -2.31. The van der Waals surface area contributed by atoms with Gasteiger partial charge in [-0.05, 0) is 48.1 Å². The number of benzene rings is 2. The lowest BCUT2D eigenvalue weighted by molar-refractivity contribution is -0.119. The van der Waals surface area contributed by atoms with Crippen LogP contribution in [0.4, 0.5) is 0 Å². The second-order valence-corrected chi connectivity index (χ2v) is 7.18. The minimum Gasteiger partial charge on any atom is -0.354 e. The Morgan fingerprint density at radius 3 is 1.92 bits per heavy atom. The molecule has 0 aliphatic heterocycles. The highest BCUT2D eigenvalue weighted by Gasteiger charge is 2.08. The van der Waals surface area contributed by atoms with Gasteiger partial charge in [0.25, 0.3) is 5.91 Å². The molecule has 2 N–H and O–H groups in total. The Kier molecular flexibility index (Phi) is 6.96. The quantitative estimate of drug-likeness (QED) is 0.796. The Morgan fingerprint density at radius 2 is 1.42 bits per heavy atom. The molecule has 0 radical (unpaired) electrons. The summed E-state index contributed by atoms with van der Waals surface area (Å²) in [5.74, 6) is 0.393. The zero-order valence-electron chi connectivity index (χ0n) is 16.0. The predicted molar refractivity (Wildman–Crippen MR) is 106 cm³/mol. The number of hydrogen-bond acceptors (Lipinski definition) is 2. The first-order valence-electron chi connectivity index (χ1n) is 9.10. The SMILES string of the molecule is CC(=O)NC(C)Cc1ccc(-c2ccc(C(=O)NCC(C)C)cc2)cc1. The summed E-state index contributed by atoms with van der Waals surface area (Å²) < 4.78 is 0. The van der Waals surface area contributed by atoms with Gasteiger partial charge in [-0.25, -0.2) is 0 Å². The molecule has 2 aromatic carbocycles. The van der Waals surface area contributed by atoms with Crippen molar-refractivity contribution in [2.75, 3.05) is 6.54 Å². The molecule has 2 amide bonds. The molecule has 4 nitrogen and oxygen atoms in total. The highest BCUT2D eigenvalue weighted by molar-refractivity contribution is 5.94. The van der Waals surface area contributed by atoms with E-state index in [-0.39, 0.29) is 17.9 Å². The summed E-state index contributed by atoms with van der Waals surface area (Å²) in [6, 6.07) is 16.1. The molecule has 0 spiro atoms. The van der Waals surface area contributed by atoms with Crippen LogP contribution in [0.25, 0.3) is 11.1 Å². The summed E-state index contributed by atoms with van der Waals surface area (Å²) in [7, 11) is 0. The van der Waals surface area contributed by atoms with Gasteiger partial charge in [0.2, 0.25) is 5.91 Å². The van der Waals surface area contributed by atoms with E-state index in [1.807, 2.05) is 31.2 Å². The van der Waals surface area contributed by atoms with Crippen LogP contribution >= 0.6 is 0 Å². The van der Waals surface area contributed by atoms with Crippen LogP contribution in [0.1, 0.15) is 43.6 Å². The van der Waals surface area contributed by atoms with Crippen molar-refractivity contribution in [3.8, 4) is 11.1 Å². The van der Waals surface area contributed by atoms with Crippen molar-refractivity contribution in [3.63, 3.8) is 0 Å². The molecule has 138 valence electrons. The van der Waals surface area contributed by atoms with Gasteiger partial charge < -0.3 is 10.6 Å². The second kappa shape index (κ2) is 9.18. The molecule has 0 saturated carbocycles. The van der Waals surface area contributed by atoms with Gasteiger partial charge >= 0.3 is 0 Å². The van der Waals surface area contributed by atoms with Crippen molar-refractivity contribution in [2.24, 2.45) is 5.92 Å². The molecule has 26 heavy (non-hydrogen) atoms. The molecule has 0 heterocycles. The molecule has 0 bridgehead atoms. The van der Waals surface area contributed by atoms with Crippen LogP contribution in [0.2, 0.25) is 0 Å². The second-order valence-electron chi connectivity index (χ2n) is 7.18. The van der Waals surface area contributed by atoms with Gasteiger partial charge in [-0.3, -0.25) is 9.59 Å². The Bertz CT molecular complexity index is 734. The minimum absolute atomic E-state index is 0.00774. The van der Waals surface area contributed by atoms with E-state index in [0.29, 0.717) is 18.0 Å². The molecule has 4 heteroatoms. The Balaban J connectivity index is 2.00. The van der Waals surface area contributed by atoms with E-state index in [1.165, 1.54) is 12.5 Å². The van der Waals surface area contributed by atoms with Crippen molar-refractivity contribution in [1.82, 2.24) is 10.6 Å². The van der Waals surface area contributed by atoms with Crippen LogP contribution in [0.15, 0.2) is 48.5 Å². The molecule has 0 fully saturated rings. The van der Waals surface area contributed by atoms with E-state index in [4.69, 9.17) is 0 Å². The summed E-state index contributed by atoms with van der Waals surface area (Å²) in [5, 5.41) is 5.82. The Labute approximate surface area is 156 Å². The number of amides is 2. The zero-order valence-corrected chi connectivity index (χ0v) is 16.0. The van der Waals surface area contributed by atoms with Gasteiger partial charge in [-0.15, -0.1) is 0 Å². The van der Waals surface area contributed by atoms with Crippen LogP contribution in [0.5, 0.6) is 0 Å². The van der Waals surface area contributed by atoms with Gasteiger partial charge in [0, 0.05) is 25.1 Å². The summed E-state index contributed by atoms with van der Waals surface area (Å²) in [4.78, 5) is 23.2. The van der Waals surface area contributed by atoms with Gasteiger partial charge in [-0.2, -0.15) is 0 Å². The van der Waals surface area contributed by atoms with Crippen molar-refractivity contribution in [1.29, 1.82) is 0 Å². The van der Waals surface area contributed by atoms with E-state index in [2.05, 4.69) is 48.7 Å². The first-order valence-corrected chi connectivity index (χ1v) is 9.10. The van der Waals surface area contributed by atoms with Crippen LogP contribution < -0.4 is 10.6 Å². The fraction of sp³-hybridized carbons (Fsp3) is 0.364. The lowest BCUT2D eigenvalue weighted by atomic mass is 10.00. The molecule has 0 aliphatic rings. The largest absolute Gasteiger partial charge is 0.354 e. The molecular weight excluding hydrogens is 324 g/mol. The predicted octanol–water partition coefficient (Wildman–Crippen LogP) is 3.81. The zero-order chi connectivity index (χ0) is 19.1. The third-order valence-corrected chi connectivity index (χ3v) is 4.10. The van der Waals surface area contributed by atoms with Crippen molar-refractivity contribution in [3.05, 3.63) is 59.7 Å². The maximum absolute atomic E-state index is 12.1. The smallest absolute Gasteiger partial charge is 0.251 e. The number of carbonyl (C=O) groups is 2. The van der Waals surface area contributed by atoms with E-state index >= 15 is 0 Å². The monoisotopic (exact) mass is 352 g/mol. The molecule has 0 aliphatic carbocycles. The highest BCUT2D eigenvalue weighted by atomic mass is 16.2. The van der Waals surface area contributed by atoms with E-state index < -0.39 is 0 Å². The van der Waals surface area contributed by atoms with Gasteiger partial charge in [-0.1, -0.05) is 50.2 Å². The fourth-order valence-electron chi connectivity index (χ4n) is 2.80. The molecule has 2 rings (SSSR count). The maximum Gasteiger partial charge on any atom is 0.251 e. The summed E-state index contributed by atoms with van der Waals surface area (Å²) in [6.45, 7) is 8.36. The van der Waals surface area contributed by atoms with Crippen LogP contribution in [0, 0.1) is 5.92 Å². The number of carbonyl (C=O) groups excluding carboxylic acids is 2. The molecule has 0 aromatic heterocycles. The first-order chi connectivity index (χ1) is 12.3. The number of hydrogen-bond donors (Lipinski definition) is 2. The summed E-state index contributed by atoms with van der Waals surface area (Å²) in [5.41, 5.74) is 4.04. The minimum atomic E-state index is -0.0347. The van der Waals surface area contributed by atoms with Gasteiger partial charge in [0.05, 0.1) is 0 Å². The highest BCUT2D eigenvalue weighted by Crippen LogP contribution is 2.21. The average Bonchev–Trinajstić information content (AvgIpc) is 2.59. The van der Waals surface area contributed by atoms with Crippen molar-refractivity contribution in [2.45, 2.75) is 40.2 Å². The Hall–Kier alpha value is -2.62. The van der Waals surface area contributed by atoms with E-state index in [1.54, 1.807) is 0 Å². The van der Waals surface area contributed by atoms with Crippen LogP contribution in [-0.4, -0.2) is 24.4 Å². The molecule has 1 atom stereocenters. The number of rotatable bonds is 7. The van der Waals surface area contributed by atoms with Gasteiger partial charge in [0.1, 0.15) is 0 Å². The van der Waals surface area contributed by atoms with E-state index in [9.17, 15) is 9.59 Å².